The first-order valence-electron chi connectivity index (χ1n) is 8.44. The Labute approximate surface area is 157 Å². The Balaban J connectivity index is 1.71. The van der Waals surface area contributed by atoms with E-state index in [-0.39, 0.29) is 18.5 Å². The molecule has 0 saturated carbocycles. The van der Waals surface area contributed by atoms with Crippen molar-refractivity contribution < 1.29 is 22.8 Å². The van der Waals surface area contributed by atoms with Gasteiger partial charge in [0, 0.05) is 36.0 Å². The monoisotopic (exact) mass is 394 g/mol. The number of rotatable bonds is 4. The van der Waals surface area contributed by atoms with Gasteiger partial charge in [0.2, 0.25) is 11.8 Å². The summed E-state index contributed by atoms with van der Waals surface area (Å²) in [4.78, 5) is 43.2. The van der Waals surface area contributed by atoms with E-state index in [1.54, 1.807) is 31.2 Å². The Morgan fingerprint density at radius 2 is 2.07 bits per heavy atom. The van der Waals surface area contributed by atoms with Crippen LogP contribution in [0.15, 0.2) is 35.1 Å². The zero-order valence-electron chi connectivity index (χ0n) is 14.8. The van der Waals surface area contributed by atoms with Gasteiger partial charge in [0.15, 0.2) is 0 Å². The van der Waals surface area contributed by atoms with E-state index < -0.39 is 30.5 Å². The molecule has 28 heavy (non-hydrogen) atoms. The summed E-state index contributed by atoms with van der Waals surface area (Å²) in [6.45, 7) is 0.0300. The van der Waals surface area contributed by atoms with Crippen LogP contribution in [-0.2, 0) is 9.59 Å². The van der Waals surface area contributed by atoms with E-state index >= 15 is 0 Å². The number of nitrogens with zero attached hydrogens (tertiary/aromatic N) is 2. The predicted octanol–water partition coefficient (Wildman–Crippen LogP) is 2.09. The molecule has 2 N–H and O–H groups in total. The van der Waals surface area contributed by atoms with Crippen molar-refractivity contribution in [3.63, 3.8) is 0 Å². The van der Waals surface area contributed by atoms with Crippen LogP contribution in [0.3, 0.4) is 0 Å². The molecule has 10 heteroatoms. The number of carbonyl (C=O) groups is 2. The minimum atomic E-state index is -4.51. The SMILES string of the molecule is Cc1cc(=O)[nH]c(-c2cccc(NC(=O)C3CC(=O)N(CC(F)(F)F)C3)c2)n1. The van der Waals surface area contributed by atoms with Gasteiger partial charge in [-0.05, 0) is 19.1 Å². The van der Waals surface area contributed by atoms with E-state index in [0.717, 1.165) is 0 Å². The van der Waals surface area contributed by atoms with Crippen molar-refractivity contribution in [3.05, 3.63) is 46.4 Å². The van der Waals surface area contributed by atoms with Crippen molar-refractivity contribution in [1.82, 2.24) is 14.9 Å². The van der Waals surface area contributed by atoms with E-state index in [1.807, 2.05) is 0 Å². The van der Waals surface area contributed by atoms with Gasteiger partial charge >= 0.3 is 6.18 Å². The molecule has 1 aliphatic heterocycles. The number of aromatic nitrogens is 2. The maximum Gasteiger partial charge on any atom is 0.406 e. The first kappa shape index (κ1) is 19.6. The zero-order chi connectivity index (χ0) is 20.5. The highest BCUT2D eigenvalue weighted by atomic mass is 19.4. The molecule has 2 heterocycles. The fourth-order valence-corrected chi connectivity index (χ4v) is 3.02. The molecule has 1 saturated heterocycles. The van der Waals surface area contributed by atoms with Gasteiger partial charge in [0.1, 0.15) is 12.4 Å². The van der Waals surface area contributed by atoms with Gasteiger partial charge in [-0.15, -0.1) is 0 Å². The lowest BCUT2D eigenvalue weighted by atomic mass is 10.1. The topological polar surface area (TPSA) is 95.2 Å². The highest BCUT2D eigenvalue weighted by Gasteiger charge is 2.40. The molecule has 1 aliphatic rings. The molecule has 1 aromatic carbocycles. The van der Waals surface area contributed by atoms with Crippen molar-refractivity contribution in [2.75, 3.05) is 18.4 Å². The lowest BCUT2D eigenvalue weighted by Crippen LogP contribution is -2.36. The fraction of sp³-hybridized carbons (Fsp3) is 0.333. The van der Waals surface area contributed by atoms with Gasteiger partial charge in [-0.2, -0.15) is 13.2 Å². The standard InChI is InChI=1S/C18H17F3N4O3/c1-10-5-14(26)24-16(22-10)11-3-2-4-13(6-11)23-17(28)12-7-15(27)25(8-12)9-18(19,20)21/h2-6,12H,7-9H2,1H3,(H,23,28)(H,22,24,26). The number of amides is 2. The minimum absolute atomic E-state index is 0.269. The number of alkyl halides is 3. The lowest BCUT2D eigenvalue weighted by Gasteiger charge is -2.18. The Kier molecular flexibility index (Phi) is 5.21. The third-order valence-corrected chi connectivity index (χ3v) is 4.23. The van der Waals surface area contributed by atoms with Crippen molar-refractivity contribution in [3.8, 4) is 11.4 Å². The highest BCUT2D eigenvalue weighted by molar-refractivity contribution is 5.97. The van der Waals surface area contributed by atoms with E-state index in [9.17, 15) is 27.6 Å². The third kappa shape index (κ3) is 4.76. The lowest BCUT2D eigenvalue weighted by molar-refractivity contribution is -0.157. The van der Waals surface area contributed by atoms with Crippen LogP contribution in [0.1, 0.15) is 12.1 Å². The predicted molar refractivity (Wildman–Crippen MR) is 94.4 cm³/mol. The summed E-state index contributed by atoms with van der Waals surface area (Å²) in [5, 5.41) is 2.61. The third-order valence-electron chi connectivity index (χ3n) is 4.23. The number of H-pyrrole nitrogens is 1. The average molecular weight is 394 g/mol. The number of halogens is 3. The smallest absolute Gasteiger partial charge is 0.333 e. The van der Waals surface area contributed by atoms with Crippen LogP contribution < -0.4 is 10.9 Å². The van der Waals surface area contributed by atoms with Crippen molar-refractivity contribution in [2.45, 2.75) is 19.5 Å². The summed E-state index contributed by atoms with van der Waals surface area (Å²) in [6.07, 6.45) is -4.78. The molecule has 1 fully saturated rings. The van der Waals surface area contributed by atoms with E-state index in [1.165, 1.54) is 6.07 Å². The summed E-state index contributed by atoms with van der Waals surface area (Å²) in [5.74, 6) is -1.78. The largest absolute Gasteiger partial charge is 0.406 e. The molecule has 2 aromatic rings. The van der Waals surface area contributed by atoms with E-state index in [2.05, 4.69) is 15.3 Å². The highest BCUT2D eigenvalue weighted by Crippen LogP contribution is 2.25. The molecule has 0 radical (unpaired) electrons. The second-order valence-electron chi connectivity index (χ2n) is 6.60. The summed E-state index contributed by atoms with van der Waals surface area (Å²) >= 11 is 0. The second kappa shape index (κ2) is 7.45. The Morgan fingerprint density at radius 1 is 1.32 bits per heavy atom. The van der Waals surface area contributed by atoms with E-state index in [4.69, 9.17) is 0 Å². The number of anilines is 1. The summed E-state index contributed by atoms with van der Waals surface area (Å²) in [5.41, 5.74) is 1.15. The molecule has 7 nitrogen and oxygen atoms in total. The number of benzene rings is 1. The maximum absolute atomic E-state index is 12.5. The van der Waals surface area contributed by atoms with Crippen molar-refractivity contribution in [1.29, 1.82) is 0 Å². The molecule has 0 aliphatic carbocycles. The average Bonchev–Trinajstić information content (AvgIpc) is 2.93. The number of hydrogen-bond acceptors (Lipinski definition) is 4. The number of likely N-dealkylation sites (tertiary alicyclic amines) is 1. The van der Waals surface area contributed by atoms with Crippen LogP contribution in [-0.4, -0.2) is 45.9 Å². The Morgan fingerprint density at radius 3 is 2.75 bits per heavy atom. The quantitative estimate of drug-likeness (QED) is 0.830. The van der Waals surface area contributed by atoms with Crippen LogP contribution >= 0.6 is 0 Å². The van der Waals surface area contributed by atoms with Crippen molar-refractivity contribution >= 4 is 17.5 Å². The van der Waals surface area contributed by atoms with Gasteiger partial charge in [0.05, 0.1) is 5.92 Å². The van der Waals surface area contributed by atoms with Gasteiger partial charge in [-0.25, -0.2) is 4.98 Å². The van der Waals surface area contributed by atoms with Crippen LogP contribution in [0.4, 0.5) is 18.9 Å². The van der Waals surface area contributed by atoms with E-state index in [0.29, 0.717) is 27.7 Å². The molecule has 0 spiro atoms. The van der Waals surface area contributed by atoms with Crippen LogP contribution in [0.5, 0.6) is 0 Å². The first-order valence-corrected chi connectivity index (χ1v) is 8.44. The number of aryl methyl sites for hydroxylation is 1. The molecule has 2 amide bonds. The first-order chi connectivity index (χ1) is 13.1. The molecule has 3 rings (SSSR count). The number of hydrogen-bond donors (Lipinski definition) is 2. The van der Waals surface area contributed by atoms with Gasteiger partial charge in [0.25, 0.3) is 5.56 Å². The Bertz CT molecular complexity index is 971. The molecule has 1 unspecified atom stereocenters. The fourth-order valence-electron chi connectivity index (χ4n) is 3.02. The van der Waals surface area contributed by atoms with Gasteiger partial charge < -0.3 is 15.2 Å². The minimum Gasteiger partial charge on any atom is -0.333 e. The number of nitrogens with one attached hydrogen (secondary N) is 2. The zero-order valence-corrected chi connectivity index (χ0v) is 14.8. The molecular weight excluding hydrogens is 377 g/mol. The second-order valence-corrected chi connectivity index (χ2v) is 6.60. The maximum atomic E-state index is 12.5. The van der Waals surface area contributed by atoms with Crippen LogP contribution in [0, 0.1) is 12.8 Å². The number of aromatic amines is 1. The molecule has 1 atom stereocenters. The molecule has 0 bridgehead atoms. The van der Waals surface area contributed by atoms with Gasteiger partial charge in [-0.3, -0.25) is 14.4 Å². The summed E-state index contributed by atoms with van der Waals surface area (Å²) < 4.78 is 37.5. The molecule has 1 aromatic heterocycles. The van der Waals surface area contributed by atoms with Gasteiger partial charge in [-0.1, -0.05) is 12.1 Å². The normalized spacial score (nSPS) is 17.1. The van der Waals surface area contributed by atoms with Crippen LogP contribution in [0.2, 0.25) is 0 Å². The summed E-state index contributed by atoms with van der Waals surface area (Å²) in [7, 11) is 0. The Hall–Kier alpha value is -3.17. The number of carbonyl (C=O) groups excluding carboxylic acids is 2. The molecular formula is C18H17F3N4O3. The molecule has 148 valence electrons. The van der Waals surface area contributed by atoms with Crippen molar-refractivity contribution in [2.24, 2.45) is 5.92 Å². The summed E-state index contributed by atoms with van der Waals surface area (Å²) in [6, 6.07) is 7.86. The van der Waals surface area contributed by atoms with Crippen LogP contribution in [0.25, 0.3) is 11.4 Å².